The summed E-state index contributed by atoms with van der Waals surface area (Å²) in [4.78, 5) is 24.7. The molecule has 0 radical (unpaired) electrons. The van der Waals surface area contributed by atoms with Gasteiger partial charge in [-0.05, 0) is 30.7 Å². The number of carbonyl (C=O) groups excluding carboxylic acids is 2. The third-order valence-electron chi connectivity index (χ3n) is 3.30. The standard InChI is InChI=1S/C15H19BrN2O4/c1-21-9-10-22-11-14(19)17-7-2-8-18(17)15(20)12-3-5-13(16)6-4-12/h3-6H,2,7-11H2,1H3. The second kappa shape index (κ2) is 8.26. The van der Waals surface area contributed by atoms with Crippen molar-refractivity contribution in [1.82, 2.24) is 10.0 Å². The Morgan fingerprint density at radius 1 is 1.14 bits per heavy atom. The molecular formula is C15H19BrN2O4. The molecule has 0 aliphatic carbocycles. The first kappa shape index (κ1) is 16.9. The van der Waals surface area contributed by atoms with Crippen LogP contribution in [-0.2, 0) is 14.3 Å². The lowest BCUT2D eigenvalue weighted by Gasteiger charge is -2.27. The predicted octanol–water partition coefficient (Wildman–Crippen LogP) is 1.70. The van der Waals surface area contributed by atoms with Crippen molar-refractivity contribution in [3.05, 3.63) is 34.3 Å². The van der Waals surface area contributed by atoms with Gasteiger partial charge in [-0.3, -0.25) is 9.59 Å². The minimum atomic E-state index is -0.209. The van der Waals surface area contributed by atoms with E-state index in [1.165, 1.54) is 10.0 Å². The molecule has 0 unspecified atom stereocenters. The lowest BCUT2D eigenvalue weighted by molar-refractivity contribution is -0.146. The average molecular weight is 371 g/mol. The number of nitrogens with zero attached hydrogens (tertiary/aromatic N) is 2. The van der Waals surface area contributed by atoms with Crippen molar-refractivity contribution in [1.29, 1.82) is 0 Å². The molecule has 0 N–H and O–H groups in total. The summed E-state index contributed by atoms with van der Waals surface area (Å²) in [5.41, 5.74) is 0.559. The number of halogens is 1. The Labute approximate surface area is 138 Å². The number of carbonyl (C=O) groups is 2. The average Bonchev–Trinajstić information content (AvgIpc) is 3.01. The molecule has 2 amide bonds. The number of amides is 2. The third kappa shape index (κ3) is 4.28. The van der Waals surface area contributed by atoms with Crippen LogP contribution in [0.1, 0.15) is 16.8 Å². The van der Waals surface area contributed by atoms with Gasteiger partial charge in [-0.25, -0.2) is 10.0 Å². The van der Waals surface area contributed by atoms with Gasteiger partial charge in [0.15, 0.2) is 0 Å². The van der Waals surface area contributed by atoms with Crippen LogP contribution in [0.2, 0.25) is 0 Å². The number of hydrogen-bond donors (Lipinski definition) is 0. The van der Waals surface area contributed by atoms with Crippen molar-refractivity contribution in [2.45, 2.75) is 6.42 Å². The van der Waals surface area contributed by atoms with Crippen molar-refractivity contribution in [2.75, 3.05) is 40.0 Å². The van der Waals surface area contributed by atoms with Crippen LogP contribution in [0.25, 0.3) is 0 Å². The van der Waals surface area contributed by atoms with Crippen molar-refractivity contribution < 1.29 is 19.1 Å². The summed E-state index contributed by atoms with van der Waals surface area (Å²) in [5.74, 6) is -0.380. The van der Waals surface area contributed by atoms with Crippen LogP contribution in [0.5, 0.6) is 0 Å². The van der Waals surface area contributed by atoms with Gasteiger partial charge < -0.3 is 9.47 Å². The highest BCUT2D eigenvalue weighted by Gasteiger charge is 2.31. The van der Waals surface area contributed by atoms with Gasteiger partial charge in [0, 0.05) is 30.2 Å². The fraction of sp³-hybridized carbons (Fsp3) is 0.467. The molecule has 1 aliphatic heterocycles. The summed E-state index contributed by atoms with van der Waals surface area (Å²) in [6, 6.07) is 7.09. The molecule has 0 spiro atoms. The van der Waals surface area contributed by atoms with Crippen LogP contribution < -0.4 is 0 Å². The molecule has 120 valence electrons. The van der Waals surface area contributed by atoms with Crippen LogP contribution in [-0.4, -0.2) is 61.9 Å². The minimum absolute atomic E-state index is 0.0481. The van der Waals surface area contributed by atoms with Crippen LogP contribution in [0.4, 0.5) is 0 Å². The fourth-order valence-electron chi connectivity index (χ4n) is 2.20. The molecule has 1 aliphatic rings. The first-order valence-electron chi connectivity index (χ1n) is 7.08. The molecule has 0 atom stereocenters. The van der Waals surface area contributed by atoms with E-state index in [0.717, 1.165) is 10.9 Å². The Kier molecular flexibility index (Phi) is 6.35. The molecule has 1 saturated heterocycles. The van der Waals surface area contributed by atoms with Gasteiger partial charge in [-0.1, -0.05) is 15.9 Å². The first-order valence-corrected chi connectivity index (χ1v) is 7.87. The zero-order chi connectivity index (χ0) is 15.9. The Bertz CT molecular complexity index is 521. The van der Waals surface area contributed by atoms with E-state index in [2.05, 4.69) is 15.9 Å². The monoisotopic (exact) mass is 370 g/mol. The summed E-state index contributed by atoms with van der Waals surface area (Å²) in [7, 11) is 1.57. The van der Waals surface area contributed by atoms with Crippen molar-refractivity contribution in [3.63, 3.8) is 0 Å². The molecule has 0 aromatic heterocycles. The maximum atomic E-state index is 12.5. The van der Waals surface area contributed by atoms with Gasteiger partial charge >= 0.3 is 0 Å². The van der Waals surface area contributed by atoms with Gasteiger partial charge in [0.1, 0.15) is 6.61 Å². The van der Waals surface area contributed by atoms with E-state index in [1.54, 1.807) is 19.2 Å². The Morgan fingerprint density at radius 3 is 2.50 bits per heavy atom. The summed E-state index contributed by atoms with van der Waals surface area (Å²) in [6.07, 6.45) is 0.770. The molecule has 6 nitrogen and oxygen atoms in total. The molecule has 0 saturated carbocycles. The molecule has 1 aromatic rings. The third-order valence-corrected chi connectivity index (χ3v) is 3.83. The summed E-state index contributed by atoms with van der Waals surface area (Å²) < 4.78 is 11.0. The van der Waals surface area contributed by atoms with E-state index in [-0.39, 0.29) is 18.4 Å². The van der Waals surface area contributed by atoms with E-state index in [9.17, 15) is 9.59 Å². The zero-order valence-electron chi connectivity index (χ0n) is 12.5. The summed E-state index contributed by atoms with van der Waals surface area (Å²) >= 11 is 3.34. The molecule has 0 bridgehead atoms. The number of rotatable bonds is 6. The van der Waals surface area contributed by atoms with Gasteiger partial charge in [0.2, 0.25) is 0 Å². The Balaban J connectivity index is 1.96. The lowest BCUT2D eigenvalue weighted by Crippen LogP contribution is -2.46. The van der Waals surface area contributed by atoms with E-state index in [0.29, 0.717) is 31.9 Å². The highest BCUT2D eigenvalue weighted by Crippen LogP contribution is 2.17. The molecular weight excluding hydrogens is 352 g/mol. The topological polar surface area (TPSA) is 59.1 Å². The minimum Gasteiger partial charge on any atom is -0.382 e. The van der Waals surface area contributed by atoms with Gasteiger partial charge in [-0.15, -0.1) is 0 Å². The highest BCUT2D eigenvalue weighted by molar-refractivity contribution is 9.10. The smallest absolute Gasteiger partial charge is 0.272 e. The lowest BCUT2D eigenvalue weighted by atomic mass is 10.2. The number of ether oxygens (including phenoxy) is 2. The number of hydrogen-bond acceptors (Lipinski definition) is 4. The SMILES string of the molecule is COCCOCC(=O)N1CCCN1C(=O)c1ccc(Br)cc1. The zero-order valence-corrected chi connectivity index (χ0v) is 14.0. The normalized spacial score (nSPS) is 14.5. The summed E-state index contributed by atoms with van der Waals surface area (Å²) in [6.45, 7) is 1.83. The number of benzene rings is 1. The predicted molar refractivity (Wildman–Crippen MR) is 84.2 cm³/mol. The number of methoxy groups -OCH3 is 1. The quantitative estimate of drug-likeness (QED) is 0.715. The van der Waals surface area contributed by atoms with Gasteiger partial charge in [0.25, 0.3) is 11.8 Å². The number of hydrazine groups is 1. The maximum Gasteiger partial charge on any atom is 0.272 e. The molecule has 22 heavy (non-hydrogen) atoms. The molecule has 2 rings (SSSR count). The van der Waals surface area contributed by atoms with Gasteiger partial charge in [0.05, 0.1) is 13.2 Å². The Hall–Kier alpha value is -1.44. The molecule has 1 heterocycles. The van der Waals surface area contributed by atoms with Crippen LogP contribution in [0, 0.1) is 0 Å². The van der Waals surface area contributed by atoms with E-state index in [4.69, 9.17) is 9.47 Å². The first-order chi connectivity index (χ1) is 10.6. The van der Waals surface area contributed by atoms with Crippen molar-refractivity contribution in [2.24, 2.45) is 0 Å². The Morgan fingerprint density at radius 2 is 1.82 bits per heavy atom. The highest BCUT2D eigenvalue weighted by atomic mass is 79.9. The van der Waals surface area contributed by atoms with Gasteiger partial charge in [-0.2, -0.15) is 0 Å². The van der Waals surface area contributed by atoms with E-state index in [1.807, 2.05) is 12.1 Å². The molecule has 1 fully saturated rings. The molecule has 1 aromatic carbocycles. The fourth-order valence-corrected chi connectivity index (χ4v) is 2.46. The van der Waals surface area contributed by atoms with Crippen LogP contribution >= 0.6 is 15.9 Å². The summed E-state index contributed by atoms with van der Waals surface area (Å²) in [5, 5.41) is 2.96. The van der Waals surface area contributed by atoms with Crippen molar-refractivity contribution in [3.8, 4) is 0 Å². The van der Waals surface area contributed by atoms with Crippen LogP contribution in [0.3, 0.4) is 0 Å². The van der Waals surface area contributed by atoms with Crippen LogP contribution in [0.15, 0.2) is 28.7 Å². The second-order valence-corrected chi connectivity index (χ2v) is 5.77. The van der Waals surface area contributed by atoms with E-state index < -0.39 is 0 Å². The van der Waals surface area contributed by atoms with Crippen molar-refractivity contribution >= 4 is 27.7 Å². The second-order valence-electron chi connectivity index (χ2n) is 4.85. The molecule has 7 heteroatoms. The van der Waals surface area contributed by atoms with E-state index >= 15 is 0 Å². The maximum absolute atomic E-state index is 12.5. The largest absolute Gasteiger partial charge is 0.382 e.